The third-order valence-corrected chi connectivity index (χ3v) is 6.76. The number of ether oxygens (including phenoxy) is 1. The number of rotatable bonds is 5. The highest BCUT2D eigenvalue weighted by Gasteiger charge is 2.55. The van der Waals surface area contributed by atoms with Crippen LogP contribution in [0.3, 0.4) is 0 Å². The van der Waals surface area contributed by atoms with Crippen LogP contribution in [0.1, 0.15) is 28.5 Å². The summed E-state index contributed by atoms with van der Waals surface area (Å²) in [6.07, 6.45) is 0.314. The van der Waals surface area contributed by atoms with Crippen LogP contribution in [0.25, 0.3) is 0 Å². The van der Waals surface area contributed by atoms with E-state index < -0.39 is 23.4 Å². The largest absolute Gasteiger partial charge is 0.493 e. The lowest BCUT2D eigenvalue weighted by atomic mass is 9.84. The molecular weight excluding hydrogens is 426 g/mol. The van der Waals surface area contributed by atoms with Gasteiger partial charge < -0.3 is 15.4 Å². The molecule has 162 valence electrons. The summed E-state index contributed by atoms with van der Waals surface area (Å²) in [7, 11) is 0. The normalized spacial score (nSPS) is 20.4. The average molecular weight is 448 g/mol. The van der Waals surface area contributed by atoms with Crippen LogP contribution in [-0.2, 0) is 15.1 Å². The quantitative estimate of drug-likeness (QED) is 0.588. The Morgan fingerprint density at radius 1 is 1.09 bits per heavy atom. The average Bonchev–Trinajstić information content (AvgIpc) is 3.42. The number of hydrogen-bond acceptors (Lipinski definition) is 5. The van der Waals surface area contributed by atoms with E-state index in [0.717, 1.165) is 15.3 Å². The van der Waals surface area contributed by atoms with Gasteiger partial charge >= 0.3 is 6.03 Å². The second-order valence-electron chi connectivity index (χ2n) is 7.75. The highest BCUT2D eigenvalue weighted by atomic mass is 32.1. The van der Waals surface area contributed by atoms with Gasteiger partial charge in [0.2, 0.25) is 5.91 Å². The van der Waals surface area contributed by atoms with Crippen LogP contribution in [0.5, 0.6) is 5.75 Å². The molecule has 5 rings (SSSR count). The van der Waals surface area contributed by atoms with Crippen molar-refractivity contribution in [2.45, 2.75) is 18.0 Å². The molecule has 3 heterocycles. The van der Waals surface area contributed by atoms with Gasteiger partial charge in [0, 0.05) is 16.9 Å². The molecule has 0 saturated carbocycles. The minimum atomic E-state index is -1.20. The fourth-order valence-electron chi connectivity index (χ4n) is 4.29. The molecule has 8 heteroatoms. The van der Waals surface area contributed by atoms with E-state index in [0.29, 0.717) is 24.3 Å². The van der Waals surface area contributed by atoms with E-state index in [-0.39, 0.29) is 12.6 Å². The van der Waals surface area contributed by atoms with E-state index in [4.69, 9.17) is 4.74 Å². The number of amides is 4. The van der Waals surface area contributed by atoms with Crippen molar-refractivity contribution in [1.29, 1.82) is 0 Å². The summed E-state index contributed by atoms with van der Waals surface area (Å²) in [6, 6.07) is 19.7. The van der Waals surface area contributed by atoms with Gasteiger partial charge in [-0.2, -0.15) is 0 Å². The predicted molar refractivity (Wildman–Crippen MR) is 119 cm³/mol. The van der Waals surface area contributed by atoms with Crippen molar-refractivity contribution in [2.75, 3.05) is 13.2 Å². The molecule has 4 amide bonds. The van der Waals surface area contributed by atoms with Crippen LogP contribution >= 0.6 is 11.3 Å². The molecule has 1 fully saturated rings. The van der Waals surface area contributed by atoms with Crippen molar-refractivity contribution in [1.82, 2.24) is 15.5 Å². The number of nitrogens with one attached hydrogen (secondary N) is 2. The topological polar surface area (TPSA) is 87.7 Å². The van der Waals surface area contributed by atoms with Gasteiger partial charge in [-0.05, 0) is 23.1 Å². The molecule has 32 heavy (non-hydrogen) atoms. The number of fused-ring (bicyclic) bond motifs is 2. The van der Waals surface area contributed by atoms with E-state index in [1.807, 2.05) is 53.9 Å². The predicted octanol–water partition coefficient (Wildman–Crippen LogP) is 3.18. The molecule has 2 aliphatic heterocycles. The van der Waals surface area contributed by atoms with Gasteiger partial charge in [0.1, 0.15) is 12.3 Å². The number of nitrogens with zero attached hydrogens (tertiary/aromatic N) is 1. The van der Waals surface area contributed by atoms with Crippen LogP contribution in [0.15, 0.2) is 72.1 Å². The molecule has 1 saturated heterocycles. The Balaban J connectivity index is 1.37. The van der Waals surface area contributed by atoms with Crippen molar-refractivity contribution >= 4 is 29.2 Å². The van der Waals surface area contributed by atoms with Gasteiger partial charge in [-0.3, -0.25) is 14.5 Å². The molecular formula is C24H21N3O4S. The van der Waals surface area contributed by atoms with E-state index in [1.54, 1.807) is 18.2 Å². The van der Waals surface area contributed by atoms with Crippen molar-refractivity contribution in [3.8, 4) is 5.75 Å². The first kappa shape index (κ1) is 20.3. The Labute approximate surface area is 189 Å². The Bertz CT molecular complexity index is 1170. The lowest BCUT2D eigenvalue weighted by Crippen LogP contribution is -2.48. The van der Waals surface area contributed by atoms with Crippen LogP contribution in [-0.4, -0.2) is 35.9 Å². The van der Waals surface area contributed by atoms with E-state index in [2.05, 4.69) is 10.6 Å². The minimum absolute atomic E-state index is 0.303. The second kappa shape index (κ2) is 8.12. The first-order valence-electron chi connectivity index (χ1n) is 10.3. The summed E-state index contributed by atoms with van der Waals surface area (Å²) in [6.45, 7) is -0.0539. The maximum Gasteiger partial charge on any atom is 0.325 e. The van der Waals surface area contributed by atoms with Gasteiger partial charge in [0.15, 0.2) is 5.54 Å². The van der Waals surface area contributed by atoms with Crippen LogP contribution in [0.2, 0.25) is 0 Å². The maximum absolute atomic E-state index is 13.4. The first-order valence-corrected chi connectivity index (χ1v) is 11.2. The number of urea groups is 1. The molecule has 7 nitrogen and oxygen atoms in total. The number of carbonyl (C=O) groups excluding carboxylic acids is 3. The molecule has 0 bridgehead atoms. The summed E-state index contributed by atoms with van der Waals surface area (Å²) in [5.74, 6) is -0.269. The van der Waals surface area contributed by atoms with Crippen molar-refractivity contribution < 1.29 is 19.1 Å². The zero-order valence-electron chi connectivity index (χ0n) is 17.1. The summed E-state index contributed by atoms with van der Waals surface area (Å²) >= 11 is 1.53. The van der Waals surface area contributed by atoms with Crippen LogP contribution in [0.4, 0.5) is 4.79 Å². The zero-order chi connectivity index (χ0) is 22.1. The van der Waals surface area contributed by atoms with E-state index in [1.165, 1.54) is 11.3 Å². The molecule has 0 radical (unpaired) electrons. The number of para-hydroxylation sites is 1. The van der Waals surface area contributed by atoms with E-state index in [9.17, 15) is 14.4 Å². The number of hydrogen-bond donors (Lipinski definition) is 2. The van der Waals surface area contributed by atoms with E-state index >= 15 is 0 Å². The molecule has 1 aromatic heterocycles. The number of thiophene rings is 1. The molecule has 2 aliphatic rings. The van der Waals surface area contributed by atoms with Gasteiger partial charge in [0.05, 0.1) is 12.6 Å². The summed E-state index contributed by atoms with van der Waals surface area (Å²) in [4.78, 5) is 41.1. The molecule has 0 aliphatic carbocycles. The lowest BCUT2D eigenvalue weighted by Gasteiger charge is -2.33. The fraction of sp³-hybridized carbons (Fsp3) is 0.208. The molecule has 2 N–H and O–H groups in total. The standard InChI is InChI=1S/C24H21N3O4S/c28-20(25-21(19-11-6-14-32-19)16-7-2-1-3-8-16)15-27-22(29)24(26-23(27)30)12-13-31-18-10-5-4-9-17(18)24/h1-11,14,21H,12-13,15H2,(H,25,28)(H,26,30)/t21-,24+/m1/s1. The molecule has 1 spiro atoms. The maximum atomic E-state index is 13.4. The molecule has 0 unspecified atom stereocenters. The Morgan fingerprint density at radius 2 is 1.88 bits per heavy atom. The lowest BCUT2D eigenvalue weighted by molar-refractivity contribution is -0.136. The summed E-state index contributed by atoms with van der Waals surface area (Å²) < 4.78 is 5.65. The van der Waals surface area contributed by atoms with Crippen molar-refractivity contribution in [2.24, 2.45) is 0 Å². The SMILES string of the molecule is O=C(CN1C(=O)N[C@]2(CCOc3ccccc32)C1=O)N[C@H](c1ccccc1)c1cccs1. The zero-order valence-corrected chi connectivity index (χ0v) is 17.9. The Hall–Kier alpha value is -3.65. The fourth-order valence-corrected chi connectivity index (χ4v) is 5.09. The smallest absolute Gasteiger partial charge is 0.325 e. The highest BCUT2D eigenvalue weighted by Crippen LogP contribution is 2.40. The van der Waals surface area contributed by atoms with Gasteiger partial charge in [-0.1, -0.05) is 54.6 Å². The highest BCUT2D eigenvalue weighted by molar-refractivity contribution is 7.10. The van der Waals surface area contributed by atoms with Crippen molar-refractivity contribution in [3.63, 3.8) is 0 Å². The summed E-state index contributed by atoms with van der Waals surface area (Å²) in [5.41, 5.74) is 0.349. The number of imide groups is 1. The number of carbonyl (C=O) groups is 3. The monoisotopic (exact) mass is 447 g/mol. The third-order valence-electron chi connectivity index (χ3n) is 5.82. The van der Waals surface area contributed by atoms with Crippen LogP contribution in [0, 0.1) is 0 Å². The summed E-state index contributed by atoms with van der Waals surface area (Å²) in [5, 5.41) is 7.76. The molecule has 2 aromatic carbocycles. The van der Waals surface area contributed by atoms with Gasteiger partial charge in [-0.15, -0.1) is 11.3 Å². The first-order chi connectivity index (χ1) is 15.6. The molecule has 3 aromatic rings. The minimum Gasteiger partial charge on any atom is -0.493 e. The van der Waals surface area contributed by atoms with Crippen LogP contribution < -0.4 is 15.4 Å². The molecule has 2 atom stereocenters. The van der Waals surface area contributed by atoms with Gasteiger partial charge in [-0.25, -0.2) is 4.79 Å². The number of benzene rings is 2. The third kappa shape index (κ3) is 3.42. The second-order valence-corrected chi connectivity index (χ2v) is 8.73. The Kier molecular flexibility index (Phi) is 5.14. The Morgan fingerprint density at radius 3 is 2.66 bits per heavy atom. The van der Waals surface area contributed by atoms with Gasteiger partial charge in [0.25, 0.3) is 5.91 Å². The van der Waals surface area contributed by atoms with Crippen molar-refractivity contribution in [3.05, 3.63) is 88.1 Å².